The van der Waals surface area contributed by atoms with Crippen molar-refractivity contribution < 1.29 is 14.3 Å². The molecule has 26 heavy (non-hydrogen) atoms. The Morgan fingerprint density at radius 3 is 3.08 bits per heavy atom. The van der Waals surface area contributed by atoms with Crippen molar-refractivity contribution in [3.8, 4) is 0 Å². The van der Waals surface area contributed by atoms with Gasteiger partial charge in [0.2, 0.25) is 0 Å². The zero-order valence-corrected chi connectivity index (χ0v) is 15.4. The Labute approximate surface area is 157 Å². The van der Waals surface area contributed by atoms with Gasteiger partial charge in [0.15, 0.2) is 0 Å². The molecule has 0 unspecified atom stereocenters. The predicted molar refractivity (Wildman–Crippen MR) is 102 cm³/mol. The maximum atomic E-state index is 12.8. The van der Waals surface area contributed by atoms with Crippen molar-refractivity contribution in [3.05, 3.63) is 51.7 Å². The van der Waals surface area contributed by atoms with E-state index in [9.17, 15) is 9.59 Å². The average molecular weight is 370 g/mol. The van der Waals surface area contributed by atoms with Crippen LogP contribution in [-0.4, -0.2) is 29.5 Å². The van der Waals surface area contributed by atoms with Gasteiger partial charge in [-0.05, 0) is 61.7 Å². The highest BCUT2D eigenvalue weighted by Gasteiger charge is 2.27. The summed E-state index contributed by atoms with van der Waals surface area (Å²) < 4.78 is 5.02. The quantitative estimate of drug-likeness (QED) is 0.810. The molecule has 2 aromatic rings. The van der Waals surface area contributed by atoms with Crippen LogP contribution in [0, 0.1) is 0 Å². The second-order valence-corrected chi connectivity index (χ2v) is 7.87. The van der Waals surface area contributed by atoms with E-state index in [-0.39, 0.29) is 24.6 Å². The highest BCUT2D eigenvalue weighted by atomic mass is 32.1. The number of fused-ring (bicyclic) bond motifs is 1. The number of hydrogen-bond acceptors (Lipinski definition) is 4. The van der Waals surface area contributed by atoms with E-state index in [2.05, 4.69) is 22.8 Å². The molecule has 0 radical (unpaired) electrons. The number of anilines is 1. The Bertz CT molecular complexity index is 803. The maximum absolute atomic E-state index is 12.8. The van der Waals surface area contributed by atoms with Crippen LogP contribution in [0.5, 0.6) is 0 Å². The van der Waals surface area contributed by atoms with Crippen molar-refractivity contribution in [2.75, 3.05) is 11.9 Å². The van der Waals surface area contributed by atoms with Gasteiger partial charge in [-0.25, -0.2) is 9.59 Å². The number of esters is 1. The van der Waals surface area contributed by atoms with E-state index in [1.54, 1.807) is 23.5 Å². The second kappa shape index (κ2) is 7.50. The molecule has 1 aromatic carbocycles. The van der Waals surface area contributed by atoms with Crippen LogP contribution < -0.4 is 5.32 Å². The fraction of sp³-hybridized carbons (Fsp3) is 0.400. The minimum Gasteiger partial charge on any atom is -0.457 e. The third kappa shape index (κ3) is 3.60. The second-order valence-electron chi connectivity index (χ2n) is 6.84. The van der Waals surface area contributed by atoms with Gasteiger partial charge in [0.1, 0.15) is 6.61 Å². The zero-order chi connectivity index (χ0) is 17.9. The van der Waals surface area contributed by atoms with E-state index in [0.717, 1.165) is 43.5 Å². The lowest BCUT2D eigenvalue weighted by Crippen LogP contribution is -2.46. The number of cyclic esters (lactones) is 1. The number of piperidine rings is 1. The molecule has 1 fully saturated rings. The molecule has 0 aliphatic carbocycles. The third-order valence-electron chi connectivity index (χ3n) is 5.13. The summed E-state index contributed by atoms with van der Waals surface area (Å²) >= 11 is 1.78. The first-order valence-corrected chi connectivity index (χ1v) is 9.99. The Morgan fingerprint density at radius 1 is 1.31 bits per heavy atom. The minimum absolute atomic E-state index is 0.0499. The molecule has 1 saturated heterocycles. The predicted octanol–water partition coefficient (Wildman–Crippen LogP) is 4.44. The first-order chi connectivity index (χ1) is 12.7. The molecule has 3 heterocycles. The third-order valence-corrected chi connectivity index (χ3v) is 6.06. The average Bonchev–Trinajstić information content (AvgIpc) is 3.30. The molecular formula is C20H22N2O3S. The van der Waals surface area contributed by atoms with E-state index in [1.165, 1.54) is 11.3 Å². The normalized spacial score (nSPS) is 19.2. The number of carbonyl (C=O) groups is 2. The molecule has 0 bridgehead atoms. The number of rotatable bonds is 4. The Kier molecular flexibility index (Phi) is 4.93. The number of likely N-dealkylation sites (tertiary alicyclic amines) is 1. The van der Waals surface area contributed by atoms with Crippen LogP contribution >= 0.6 is 11.3 Å². The van der Waals surface area contributed by atoms with Gasteiger partial charge < -0.3 is 15.0 Å². The van der Waals surface area contributed by atoms with E-state index in [1.807, 2.05) is 11.0 Å². The number of ether oxygens (including phenoxy) is 1. The van der Waals surface area contributed by atoms with E-state index in [4.69, 9.17) is 4.74 Å². The van der Waals surface area contributed by atoms with E-state index in [0.29, 0.717) is 5.56 Å². The van der Waals surface area contributed by atoms with Crippen LogP contribution in [0.15, 0.2) is 35.7 Å². The molecule has 0 spiro atoms. The Hall–Kier alpha value is -2.34. The maximum Gasteiger partial charge on any atom is 0.338 e. The van der Waals surface area contributed by atoms with Crippen molar-refractivity contribution >= 4 is 29.0 Å². The molecule has 2 aliphatic rings. The lowest BCUT2D eigenvalue weighted by atomic mass is 9.98. The number of hydrogen-bond donors (Lipinski definition) is 1. The lowest BCUT2D eigenvalue weighted by Gasteiger charge is -2.35. The van der Waals surface area contributed by atoms with Crippen LogP contribution in [0.4, 0.5) is 10.5 Å². The Morgan fingerprint density at radius 2 is 2.23 bits per heavy atom. The van der Waals surface area contributed by atoms with Crippen LogP contribution in [0.1, 0.15) is 46.5 Å². The molecule has 4 rings (SSSR count). The molecule has 1 N–H and O–H groups in total. The molecule has 1 aromatic heterocycles. The smallest absolute Gasteiger partial charge is 0.338 e. The van der Waals surface area contributed by atoms with Crippen LogP contribution in [0.3, 0.4) is 0 Å². The number of aryl methyl sites for hydroxylation is 1. The zero-order valence-electron chi connectivity index (χ0n) is 14.6. The van der Waals surface area contributed by atoms with Gasteiger partial charge in [-0.1, -0.05) is 6.07 Å². The summed E-state index contributed by atoms with van der Waals surface area (Å²) in [6.07, 6.45) is 5.31. The van der Waals surface area contributed by atoms with Gasteiger partial charge in [0, 0.05) is 28.7 Å². The number of nitrogens with one attached hydrogen (secondary N) is 1. The number of urea groups is 1. The van der Waals surface area contributed by atoms with Gasteiger partial charge in [0.25, 0.3) is 0 Å². The van der Waals surface area contributed by atoms with Gasteiger partial charge in [-0.3, -0.25) is 0 Å². The number of nitrogens with zero attached hydrogens (tertiary/aromatic N) is 1. The summed E-state index contributed by atoms with van der Waals surface area (Å²) in [5.74, 6) is -0.289. The van der Waals surface area contributed by atoms with Crippen LogP contribution in [0.25, 0.3) is 0 Å². The standard InChI is InChI=1S/C20H22N2O3S/c23-19-18-9-6-15(12-14(18)13-25-19)21-20(24)22-10-2-1-4-16(22)7-8-17-5-3-11-26-17/h3,5-6,9,11-12,16H,1-2,4,7-8,10,13H2,(H,21,24)/t16-/m0/s1. The molecule has 2 aliphatic heterocycles. The Balaban J connectivity index is 1.41. The van der Waals surface area contributed by atoms with Crippen LogP contribution in [-0.2, 0) is 17.8 Å². The molecule has 2 amide bonds. The van der Waals surface area contributed by atoms with Crippen LogP contribution in [0.2, 0.25) is 0 Å². The SMILES string of the molecule is O=C1OCc2cc(NC(=O)N3CCCC[C@H]3CCc3cccs3)ccc21. The van der Waals surface area contributed by atoms with Crippen molar-refractivity contribution in [2.45, 2.75) is 44.8 Å². The van der Waals surface area contributed by atoms with Crippen molar-refractivity contribution in [1.29, 1.82) is 0 Å². The molecular weight excluding hydrogens is 348 g/mol. The van der Waals surface area contributed by atoms with Crippen molar-refractivity contribution in [2.24, 2.45) is 0 Å². The van der Waals surface area contributed by atoms with Crippen molar-refractivity contribution in [1.82, 2.24) is 4.90 Å². The fourth-order valence-electron chi connectivity index (χ4n) is 3.74. The molecule has 136 valence electrons. The fourth-order valence-corrected chi connectivity index (χ4v) is 4.46. The summed E-state index contributed by atoms with van der Waals surface area (Å²) in [6, 6.07) is 9.80. The number of carbonyl (C=O) groups excluding carboxylic acids is 2. The largest absolute Gasteiger partial charge is 0.457 e. The molecule has 1 atom stereocenters. The minimum atomic E-state index is -0.289. The summed E-state index contributed by atoms with van der Waals surface area (Å²) in [6.45, 7) is 1.08. The van der Waals surface area contributed by atoms with Gasteiger partial charge in [0.05, 0.1) is 5.56 Å². The summed E-state index contributed by atoms with van der Waals surface area (Å²) in [4.78, 5) is 27.7. The molecule has 6 heteroatoms. The first-order valence-electron chi connectivity index (χ1n) is 9.11. The number of thiophene rings is 1. The summed E-state index contributed by atoms with van der Waals surface area (Å²) in [5.41, 5.74) is 2.14. The van der Waals surface area contributed by atoms with Gasteiger partial charge in [-0.15, -0.1) is 11.3 Å². The van der Waals surface area contributed by atoms with Crippen molar-refractivity contribution in [3.63, 3.8) is 0 Å². The number of benzene rings is 1. The van der Waals surface area contributed by atoms with E-state index >= 15 is 0 Å². The summed E-state index contributed by atoms with van der Waals surface area (Å²) in [7, 11) is 0. The first kappa shape index (κ1) is 17.1. The lowest BCUT2D eigenvalue weighted by molar-refractivity contribution is 0.0535. The van der Waals surface area contributed by atoms with Gasteiger partial charge in [-0.2, -0.15) is 0 Å². The van der Waals surface area contributed by atoms with Gasteiger partial charge >= 0.3 is 12.0 Å². The molecule has 0 saturated carbocycles. The molecule has 5 nitrogen and oxygen atoms in total. The summed E-state index contributed by atoms with van der Waals surface area (Å²) in [5, 5.41) is 5.10. The highest BCUT2D eigenvalue weighted by molar-refractivity contribution is 7.09. The monoisotopic (exact) mass is 370 g/mol. The topological polar surface area (TPSA) is 58.6 Å². The van der Waals surface area contributed by atoms with E-state index < -0.39 is 0 Å². The highest BCUT2D eigenvalue weighted by Crippen LogP contribution is 2.26. The number of amides is 2.